The van der Waals surface area contributed by atoms with E-state index in [9.17, 15) is 10.2 Å². The van der Waals surface area contributed by atoms with Crippen molar-refractivity contribution in [3.8, 4) is 0 Å². The molecule has 1 aliphatic heterocycles. The van der Waals surface area contributed by atoms with Gasteiger partial charge in [0.1, 0.15) is 5.82 Å². The zero-order valence-corrected chi connectivity index (χ0v) is 17.5. The molecule has 4 rings (SSSR count). The van der Waals surface area contributed by atoms with Gasteiger partial charge < -0.3 is 15.1 Å². The average molecular weight is 417 g/mol. The number of benzene rings is 1. The molecule has 3 aromatic rings. The molecule has 29 heavy (non-hydrogen) atoms. The summed E-state index contributed by atoms with van der Waals surface area (Å²) in [6, 6.07) is 7.62. The Hall–Kier alpha value is -2.29. The van der Waals surface area contributed by atoms with Gasteiger partial charge in [-0.15, -0.1) is 5.10 Å². The first-order valence-corrected chi connectivity index (χ1v) is 10.0. The third-order valence-electron chi connectivity index (χ3n) is 5.23. The Morgan fingerprint density at radius 1 is 1.17 bits per heavy atom. The average Bonchev–Trinajstić information content (AvgIpc) is 3.25. The Morgan fingerprint density at radius 3 is 2.59 bits per heavy atom. The number of nitrogens with zero attached hydrogens (tertiary/aromatic N) is 6. The molecule has 1 aliphatic rings. The fraction of sp³-hybridized carbons (Fsp3) is 0.500. The van der Waals surface area contributed by atoms with Crippen LogP contribution in [0.1, 0.15) is 32.2 Å². The number of fused-ring (bicyclic) bond motifs is 1. The minimum absolute atomic E-state index is 0.0722. The van der Waals surface area contributed by atoms with Crippen LogP contribution in [-0.2, 0) is 12.0 Å². The molecule has 1 saturated heterocycles. The second kappa shape index (κ2) is 7.51. The van der Waals surface area contributed by atoms with Crippen molar-refractivity contribution in [3.05, 3.63) is 40.7 Å². The van der Waals surface area contributed by atoms with Gasteiger partial charge in [0.2, 0.25) is 0 Å². The second-order valence-electron chi connectivity index (χ2n) is 8.55. The van der Waals surface area contributed by atoms with Crippen molar-refractivity contribution in [2.75, 3.05) is 24.6 Å². The maximum atomic E-state index is 10.3. The molecule has 2 N–H and O–H groups in total. The van der Waals surface area contributed by atoms with Crippen LogP contribution in [0.15, 0.2) is 24.3 Å². The third-order valence-corrected chi connectivity index (χ3v) is 5.60. The molecular formula is C20H25ClN6O2. The Labute approximate surface area is 174 Å². The number of hydrogen-bond donors (Lipinski definition) is 2. The van der Waals surface area contributed by atoms with E-state index >= 15 is 0 Å². The van der Waals surface area contributed by atoms with Gasteiger partial charge in [0.15, 0.2) is 17.0 Å². The highest BCUT2D eigenvalue weighted by Gasteiger charge is 2.34. The van der Waals surface area contributed by atoms with Gasteiger partial charge in [0.25, 0.3) is 0 Å². The third kappa shape index (κ3) is 3.80. The lowest BCUT2D eigenvalue weighted by atomic mass is 9.96. The van der Waals surface area contributed by atoms with Gasteiger partial charge in [-0.05, 0) is 11.6 Å². The maximum Gasteiger partial charge on any atom is 0.184 e. The fourth-order valence-corrected chi connectivity index (χ4v) is 3.69. The van der Waals surface area contributed by atoms with E-state index in [1.165, 1.54) is 0 Å². The number of rotatable bonds is 4. The molecular weight excluding hydrogens is 392 g/mol. The molecule has 2 atom stereocenters. The van der Waals surface area contributed by atoms with Gasteiger partial charge in [-0.2, -0.15) is 0 Å². The number of aromatic nitrogens is 5. The minimum Gasteiger partial charge on any atom is -0.396 e. The molecule has 2 unspecified atom stereocenters. The molecule has 8 nitrogen and oxygen atoms in total. The molecule has 154 valence electrons. The minimum atomic E-state index is -0.610. The molecule has 0 aliphatic carbocycles. The van der Waals surface area contributed by atoms with E-state index in [0.717, 1.165) is 5.56 Å². The van der Waals surface area contributed by atoms with E-state index in [4.69, 9.17) is 21.6 Å². The number of halogens is 1. The lowest BCUT2D eigenvalue weighted by molar-refractivity contribution is 0.104. The Bertz CT molecular complexity index is 1030. The first-order chi connectivity index (χ1) is 13.8. The van der Waals surface area contributed by atoms with Crippen molar-refractivity contribution in [1.82, 2.24) is 25.0 Å². The monoisotopic (exact) mass is 416 g/mol. The van der Waals surface area contributed by atoms with Crippen molar-refractivity contribution in [2.45, 2.75) is 38.8 Å². The Kier molecular flexibility index (Phi) is 5.18. The van der Waals surface area contributed by atoms with Crippen molar-refractivity contribution < 1.29 is 10.2 Å². The van der Waals surface area contributed by atoms with Crippen molar-refractivity contribution in [2.24, 2.45) is 5.92 Å². The summed E-state index contributed by atoms with van der Waals surface area (Å²) < 4.78 is 1.73. The van der Waals surface area contributed by atoms with E-state index in [-0.39, 0.29) is 17.9 Å². The van der Waals surface area contributed by atoms with E-state index in [1.54, 1.807) is 4.68 Å². The summed E-state index contributed by atoms with van der Waals surface area (Å²) in [4.78, 5) is 11.5. The largest absolute Gasteiger partial charge is 0.396 e. The van der Waals surface area contributed by atoms with E-state index in [0.29, 0.717) is 47.5 Å². The summed E-state index contributed by atoms with van der Waals surface area (Å²) in [6.45, 7) is 7.42. The Balaban J connectivity index is 1.82. The van der Waals surface area contributed by atoms with Crippen LogP contribution in [0.25, 0.3) is 11.2 Å². The summed E-state index contributed by atoms with van der Waals surface area (Å²) in [5.74, 6) is 1.10. The molecule has 0 radical (unpaired) electrons. The second-order valence-corrected chi connectivity index (χ2v) is 8.95. The van der Waals surface area contributed by atoms with Crippen LogP contribution in [0.3, 0.4) is 0 Å². The molecule has 1 fully saturated rings. The van der Waals surface area contributed by atoms with Gasteiger partial charge >= 0.3 is 0 Å². The zero-order chi connectivity index (χ0) is 20.8. The van der Waals surface area contributed by atoms with Crippen LogP contribution < -0.4 is 4.90 Å². The maximum absolute atomic E-state index is 10.3. The number of aliphatic hydroxyl groups is 2. The van der Waals surface area contributed by atoms with E-state index in [1.807, 2.05) is 29.2 Å². The van der Waals surface area contributed by atoms with Crippen molar-refractivity contribution >= 4 is 28.6 Å². The predicted molar refractivity (Wildman–Crippen MR) is 111 cm³/mol. The van der Waals surface area contributed by atoms with E-state index in [2.05, 4.69) is 31.1 Å². The number of aliphatic hydroxyl groups excluding tert-OH is 2. The van der Waals surface area contributed by atoms with Crippen LogP contribution in [0.2, 0.25) is 5.02 Å². The summed E-state index contributed by atoms with van der Waals surface area (Å²) in [7, 11) is 0. The molecule has 2 aromatic heterocycles. The normalized spacial score (nSPS) is 20.0. The standard InChI is InChI=1S/C20H25ClN6O2/c1-20(2,3)19-22-17(26-8-13(11-28)15(29)10-26)16-18(23-19)27(25-24-16)9-12-6-4-5-7-14(12)21/h4-7,13,15,28-29H,8-11H2,1-3H3. The van der Waals surface area contributed by atoms with Gasteiger partial charge in [-0.1, -0.05) is 55.8 Å². The van der Waals surface area contributed by atoms with Crippen LogP contribution >= 0.6 is 11.6 Å². The van der Waals surface area contributed by atoms with E-state index < -0.39 is 6.10 Å². The fourth-order valence-electron chi connectivity index (χ4n) is 3.50. The molecule has 3 heterocycles. The number of anilines is 1. The Morgan fingerprint density at radius 2 is 1.93 bits per heavy atom. The first kappa shape index (κ1) is 20.0. The molecule has 0 amide bonds. The van der Waals surface area contributed by atoms with Crippen molar-refractivity contribution in [1.29, 1.82) is 0 Å². The highest BCUT2D eigenvalue weighted by molar-refractivity contribution is 6.31. The van der Waals surface area contributed by atoms with Gasteiger partial charge in [0.05, 0.1) is 19.3 Å². The summed E-state index contributed by atoms with van der Waals surface area (Å²) >= 11 is 6.33. The summed E-state index contributed by atoms with van der Waals surface area (Å²) in [6.07, 6.45) is -0.610. The molecule has 0 saturated carbocycles. The lowest BCUT2D eigenvalue weighted by Crippen LogP contribution is -2.25. The van der Waals surface area contributed by atoms with Crippen LogP contribution in [0, 0.1) is 5.92 Å². The van der Waals surface area contributed by atoms with Gasteiger partial charge in [0, 0.05) is 29.4 Å². The topological polar surface area (TPSA) is 100 Å². The summed E-state index contributed by atoms with van der Waals surface area (Å²) in [5, 5.41) is 29.1. The molecule has 0 bridgehead atoms. The molecule has 9 heteroatoms. The highest BCUT2D eigenvalue weighted by atomic mass is 35.5. The van der Waals surface area contributed by atoms with Crippen molar-refractivity contribution in [3.63, 3.8) is 0 Å². The van der Waals surface area contributed by atoms with Gasteiger partial charge in [-0.25, -0.2) is 14.6 Å². The smallest absolute Gasteiger partial charge is 0.184 e. The SMILES string of the molecule is CC(C)(C)c1nc(N2CC(O)C(CO)C2)c2nnn(Cc3ccccc3Cl)c2n1. The number of β-amino-alcohol motifs (C(OH)–C–C–N with tert-alkyl or cyclic N) is 1. The molecule has 1 aromatic carbocycles. The quantitative estimate of drug-likeness (QED) is 0.670. The zero-order valence-electron chi connectivity index (χ0n) is 16.7. The number of hydrogen-bond acceptors (Lipinski definition) is 7. The van der Waals surface area contributed by atoms with Crippen LogP contribution in [0.4, 0.5) is 5.82 Å². The highest BCUT2D eigenvalue weighted by Crippen LogP contribution is 2.31. The predicted octanol–water partition coefficient (Wildman–Crippen LogP) is 2.01. The van der Waals surface area contributed by atoms with Crippen LogP contribution in [0.5, 0.6) is 0 Å². The lowest BCUT2D eigenvalue weighted by Gasteiger charge is -2.22. The molecule has 0 spiro atoms. The van der Waals surface area contributed by atoms with Gasteiger partial charge in [-0.3, -0.25) is 0 Å². The first-order valence-electron chi connectivity index (χ1n) is 9.67. The summed E-state index contributed by atoms with van der Waals surface area (Å²) in [5.41, 5.74) is 1.85. The van der Waals surface area contributed by atoms with Crippen LogP contribution in [-0.4, -0.2) is 61.0 Å².